The first-order chi connectivity index (χ1) is 14.7. The van der Waals surface area contributed by atoms with Crippen molar-refractivity contribution >= 4 is 17.5 Å². The Kier molecular flexibility index (Phi) is 5.86. The van der Waals surface area contributed by atoms with E-state index in [0.29, 0.717) is 22.9 Å². The number of amides is 1. The van der Waals surface area contributed by atoms with Crippen LogP contribution in [0.4, 0.5) is 0 Å². The largest absolute Gasteiger partial charge is 0.346 e. The zero-order valence-corrected chi connectivity index (χ0v) is 17.2. The molecule has 150 valence electrons. The summed E-state index contributed by atoms with van der Waals surface area (Å²) in [6.07, 6.45) is 4.32. The van der Waals surface area contributed by atoms with Crippen molar-refractivity contribution in [3.05, 3.63) is 94.9 Å². The van der Waals surface area contributed by atoms with E-state index in [1.807, 2.05) is 36.4 Å². The highest BCUT2D eigenvalue weighted by Gasteiger charge is 2.23. The molecule has 2 heterocycles. The number of aromatic nitrogens is 4. The van der Waals surface area contributed by atoms with Gasteiger partial charge in [0.15, 0.2) is 5.69 Å². The first-order valence-electron chi connectivity index (χ1n) is 9.64. The minimum atomic E-state index is -0.313. The second-order valence-electron chi connectivity index (χ2n) is 6.74. The minimum absolute atomic E-state index is 0.216. The fourth-order valence-electron chi connectivity index (χ4n) is 3.15. The van der Waals surface area contributed by atoms with Crippen molar-refractivity contribution in [1.29, 1.82) is 0 Å². The number of nitrogens with one attached hydrogen (secondary N) is 1. The number of hydrogen-bond acceptors (Lipinski definition) is 4. The molecule has 4 aromatic rings. The molecular formula is C23H20ClN5O. The van der Waals surface area contributed by atoms with Crippen molar-refractivity contribution in [3.63, 3.8) is 0 Å². The molecule has 0 radical (unpaired) electrons. The third-order valence-corrected chi connectivity index (χ3v) is 5.10. The molecule has 0 saturated heterocycles. The number of benzene rings is 2. The SMILES string of the molecule is CCc1ccc(CNC(=O)c2nnn(-c3ccccc3Cl)c2-c2cccnc2)cc1. The number of halogens is 1. The van der Waals surface area contributed by atoms with Gasteiger partial charge >= 0.3 is 0 Å². The summed E-state index contributed by atoms with van der Waals surface area (Å²) in [4.78, 5) is 17.2. The van der Waals surface area contributed by atoms with Crippen LogP contribution in [-0.2, 0) is 13.0 Å². The molecule has 0 fully saturated rings. The molecule has 0 saturated carbocycles. The lowest BCUT2D eigenvalue weighted by Crippen LogP contribution is -2.24. The van der Waals surface area contributed by atoms with E-state index < -0.39 is 0 Å². The normalized spacial score (nSPS) is 10.7. The van der Waals surface area contributed by atoms with E-state index in [4.69, 9.17) is 11.6 Å². The second-order valence-corrected chi connectivity index (χ2v) is 7.15. The Hall–Kier alpha value is -3.51. The Balaban J connectivity index is 1.67. The van der Waals surface area contributed by atoms with Gasteiger partial charge in [-0.15, -0.1) is 5.10 Å². The molecule has 1 N–H and O–H groups in total. The molecule has 30 heavy (non-hydrogen) atoms. The van der Waals surface area contributed by atoms with Crippen molar-refractivity contribution in [2.24, 2.45) is 0 Å². The van der Waals surface area contributed by atoms with Gasteiger partial charge in [-0.2, -0.15) is 0 Å². The zero-order chi connectivity index (χ0) is 20.9. The van der Waals surface area contributed by atoms with Crippen LogP contribution in [0.15, 0.2) is 73.1 Å². The van der Waals surface area contributed by atoms with E-state index in [1.54, 1.807) is 29.2 Å². The van der Waals surface area contributed by atoms with Gasteiger partial charge in [0.05, 0.1) is 10.7 Å². The average molecular weight is 418 g/mol. The van der Waals surface area contributed by atoms with Crippen molar-refractivity contribution in [1.82, 2.24) is 25.3 Å². The molecule has 7 heteroatoms. The molecule has 0 aliphatic heterocycles. The smallest absolute Gasteiger partial charge is 0.274 e. The summed E-state index contributed by atoms with van der Waals surface area (Å²) in [5.41, 5.74) is 4.39. The number of aryl methyl sites for hydroxylation is 1. The van der Waals surface area contributed by atoms with Crippen molar-refractivity contribution in [3.8, 4) is 16.9 Å². The highest BCUT2D eigenvalue weighted by molar-refractivity contribution is 6.32. The van der Waals surface area contributed by atoms with Gasteiger partial charge in [0.1, 0.15) is 5.69 Å². The fraction of sp³-hybridized carbons (Fsp3) is 0.130. The van der Waals surface area contributed by atoms with E-state index in [2.05, 4.69) is 39.7 Å². The molecule has 0 bridgehead atoms. The van der Waals surface area contributed by atoms with Gasteiger partial charge in [0, 0.05) is 24.5 Å². The predicted octanol–water partition coefficient (Wildman–Crippen LogP) is 4.48. The lowest BCUT2D eigenvalue weighted by molar-refractivity contribution is 0.0946. The summed E-state index contributed by atoms with van der Waals surface area (Å²) in [6, 6.07) is 19.1. The maximum Gasteiger partial charge on any atom is 0.274 e. The molecule has 6 nitrogen and oxygen atoms in total. The van der Waals surface area contributed by atoms with Gasteiger partial charge in [-0.25, -0.2) is 4.68 Å². The van der Waals surface area contributed by atoms with E-state index in [0.717, 1.165) is 17.5 Å². The molecule has 2 aromatic carbocycles. The topological polar surface area (TPSA) is 72.7 Å². The van der Waals surface area contributed by atoms with E-state index in [1.165, 1.54) is 5.56 Å². The first-order valence-corrected chi connectivity index (χ1v) is 10.0. The Morgan fingerprint density at radius 2 is 1.80 bits per heavy atom. The Labute approximate surface area is 179 Å². The Morgan fingerprint density at radius 3 is 2.50 bits per heavy atom. The van der Waals surface area contributed by atoms with Crippen LogP contribution in [0.2, 0.25) is 5.02 Å². The highest BCUT2D eigenvalue weighted by Crippen LogP contribution is 2.28. The molecule has 0 aliphatic rings. The molecular weight excluding hydrogens is 398 g/mol. The number of pyridine rings is 1. The fourth-order valence-corrected chi connectivity index (χ4v) is 3.36. The second kappa shape index (κ2) is 8.88. The summed E-state index contributed by atoms with van der Waals surface area (Å²) < 4.78 is 1.57. The molecule has 0 spiro atoms. The summed E-state index contributed by atoms with van der Waals surface area (Å²) in [7, 11) is 0. The van der Waals surface area contributed by atoms with Gasteiger partial charge in [0.25, 0.3) is 5.91 Å². The van der Waals surface area contributed by atoms with Crippen molar-refractivity contribution in [2.75, 3.05) is 0 Å². The molecule has 1 amide bonds. The minimum Gasteiger partial charge on any atom is -0.346 e. The van der Waals surface area contributed by atoms with Crippen molar-refractivity contribution < 1.29 is 4.79 Å². The highest BCUT2D eigenvalue weighted by atomic mass is 35.5. The van der Waals surface area contributed by atoms with Crippen LogP contribution >= 0.6 is 11.6 Å². The first kappa shape index (κ1) is 19.8. The monoisotopic (exact) mass is 417 g/mol. The molecule has 0 unspecified atom stereocenters. The maximum atomic E-state index is 13.0. The zero-order valence-electron chi connectivity index (χ0n) is 16.4. The van der Waals surface area contributed by atoms with Crippen LogP contribution in [-0.4, -0.2) is 25.9 Å². The summed E-state index contributed by atoms with van der Waals surface area (Å²) in [5.74, 6) is -0.313. The van der Waals surface area contributed by atoms with Crippen LogP contribution in [0.1, 0.15) is 28.5 Å². The lowest BCUT2D eigenvalue weighted by atomic mass is 10.1. The van der Waals surface area contributed by atoms with Gasteiger partial charge < -0.3 is 5.32 Å². The molecule has 4 rings (SSSR count). The van der Waals surface area contributed by atoms with Gasteiger partial charge in [-0.05, 0) is 41.8 Å². The van der Waals surface area contributed by atoms with Crippen molar-refractivity contribution in [2.45, 2.75) is 19.9 Å². The van der Waals surface area contributed by atoms with Gasteiger partial charge in [0.2, 0.25) is 0 Å². The molecule has 0 aliphatic carbocycles. The molecule has 0 atom stereocenters. The summed E-state index contributed by atoms with van der Waals surface area (Å²) in [6.45, 7) is 2.51. The number of nitrogens with zero attached hydrogens (tertiary/aromatic N) is 4. The maximum absolute atomic E-state index is 13.0. The lowest BCUT2D eigenvalue weighted by Gasteiger charge is -2.10. The Bertz CT molecular complexity index is 1160. The van der Waals surface area contributed by atoms with Gasteiger partial charge in [-0.3, -0.25) is 9.78 Å². The quantitative estimate of drug-likeness (QED) is 0.502. The third kappa shape index (κ3) is 4.09. The summed E-state index contributed by atoms with van der Waals surface area (Å²) >= 11 is 6.37. The van der Waals surface area contributed by atoms with Crippen LogP contribution in [0.25, 0.3) is 16.9 Å². The number of carbonyl (C=O) groups excluding carboxylic acids is 1. The van der Waals surface area contributed by atoms with Crippen LogP contribution in [0.3, 0.4) is 0 Å². The predicted molar refractivity (Wildman–Crippen MR) is 117 cm³/mol. The van der Waals surface area contributed by atoms with Crippen LogP contribution in [0.5, 0.6) is 0 Å². The summed E-state index contributed by atoms with van der Waals surface area (Å²) in [5, 5.41) is 11.8. The van der Waals surface area contributed by atoms with E-state index >= 15 is 0 Å². The number of para-hydroxylation sites is 1. The van der Waals surface area contributed by atoms with Crippen LogP contribution in [0, 0.1) is 0 Å². The number of hydrogen-bond donors (Lipinski definition) is 1. The third-order valence-electron chi connectivity index (χ3n) is 4.79. The molecule has 2 aromatic heterocycles. The van der Waals surface area contributed by atoms with E-state index in [-0.39, 0.29) is 11.6 Å². The van der Waals surface area contributed by atoms with E-state index in [9.17, 15) is 4.79 Å². The Morgan fingerprint density at radius 1 is 1.03 bits per heavy atom. The van der Waals surface area contributed by atoms with Gasteiger partial charge in [-0.1, -0.05) is 60.1 Å². The number of carbonyl (C=O) groups is 1. The standard InChI is InChI=1S/C23H20ClN5O/c1-2-16-9-11-17(12-10-16)14-26-23(30)21-22(18-6-5-13-25-15-18)29(28-27-21)20-8-4-3-7-19(20)24/h3-13,15H,2,14H2,1H3,(H,26,30). The van der Waals surface area contributed by atoms with Crippen LogP contribution < -0.4 is 5.32 Å². The number of rotatable bonds is 6. The average Bonchev–Trinajstić information content (AvgIpc) is 3.24.